The monoisotopic (exact) mass is 314 g/mol. The first kappa shape index (κ1) is 16.8. The predicted octanol–water partition coefficient (Wildman–Crippen LogP) is 3.42. The number of para-hydroxylation sites is 2. The van der Waals surface area contributed by atoms with Gasteiger partial charge in [-0.05, 0) is 51.5 Å². The van der Waals surface area contributed by atoms with Crippen LogP contribution in [0.15, 0.2) is 30.3 Å². The summed E-state index contributed by atoms with van der Waals surface area (Å²) in [5.74, 6) is 0.959. The Morgan fingerprint density at radius 1 is 1.13 bits per heavy atom. The average molecular weight is 314 g/mol. The van der Waals surface area contributed by atoms with Gasteiger partial charge < -0.3 is 14.8 Å². The Bertz CT molecular complexity index is 675. The molecule has 122 valence electrons. The van der Waals surface area contributed by atoms with Gasteiger partial charge in [-0.2, -0.15) is 0 Å². The van der Waals surface area contributed by atoms with E-state index in [0.717, 1.165) is 22.6 Å². The molecule has 0 spiro atoms. The lowest BCUT2D eigenvalue weighted by Gasteiger charge is -2.14. The summed E-state index contributed by atoms with van der Waals surface area (Å²) in [4.78, 5) is 16.5. The van der Waals surface area contributed by atoms with Crippen molar-refractivity contribution in [3.8, 4) is 11.5 Å². The Morgan fingerprint density at radius 3 is 2.39 bits per heavy atom. The predicted molar refractivity (Wildman–Crippen MR) is 90.2 cm³/mol. The average Bonchev–Trinajstić information content (AvgIpc) is 2.50. The summed E-state index contributed by atoms with van der Waals surface area (Å²) in [6, 6.07) is 9.24. The van der Waals surface area contributed by atoms with Gasteiger partial charge in [0.05, 0.1) is 18.0 Å². The lowest BCUT2D eigenvalue weighted by atomic mass is 10.1. The van der Waals surface area contributed by atoms with Gasteiger partial charge >= 0.3 is 0 Å². The fraction of sp³-hybridized carbons (Fsp3) is 0.333. The number of nitrogens with one attached hydrogen (secondary N) is 1. The van der Waals surface area contributed by atoms with E-state index in [2.05, 4.69) is 10.3 Å². The topological polar surface area (TPSA) is 60.5 Å². The van der Waals surface area contributed by atoms with Crippen molar-refractivity contribution in [2.75, 3.05) is 18.5 Å². The molecule has 0 radical (unpaired) electrons. The number of amides is 1. The number of carbonyl (C=O) groups is 1. The van der Waals surface area contributed by atoms with E-state index in [4.69, 9.17) is 9.47 Å². The van der Waals surface area contributed by atoms with Crippen LogP contribution in [0, 0.1) is 20.8 Å². The number of carbonyl (C=O) groups excluding carboxylic acids is 1. The molecule has 0 aliphatic carbocycles. The van der Waals surface area contributed by atoms with Gasteiger partial charge in [0.1, 0.15) is 0 Å². The molecule has 0 aliphatic rings. The molecular formula is C18H22N2O3. The summed E-state index contributed by atoms with van der Waals surface area (Å²) in [5, 5.41) is 2.86. The normalized spacial score (nSPS) is 10.3. The van der Waals surface area contributed by atoms with Crippen molar-refractivity contribution in [2.24, 2.45) is 0 Å². The van der Waals surface area contributed by atoms with Gasteiger partial charge in [-0.15, -0.1) is 0 Å². The minimum absolute atomic E-state index is 0.0865. The van der Waals surface area contributed by atoms with Crippen molar-refractivity contribution >= 4 is 11.6 Å². The SMILES string of the molecule is CCOc1ccccc1OCC(=O)Nc1c(C)cc(C)nc1C. The molecule has 0 saturated carbocycles. The first-order chi connectivity index (χ1) is 11.0. The van der Waals surface area contributed by atoms with E-state index >= 15 is 0 Å². The van der Waals surface area contributed by atoms with Crippen molar-refractivity contribution in [3.05, 3.63) is 47.3 Å². The molecule has 1 aromatic heterocycles. The largest absolute Gasteiger partial charge is 0.490 e. The molecule has 0 atom stereocenters. The van der Waals surface area contributed by atoms with Crippen LogP contribution in [0.25, 0.3) is 0 Å². The minimum Gasteiger partial charge on any atom is -0.490 e. The van der Waals surface area contributed by atoms with Crippen LogP contribution < -0.4 is 14.8 Å². The number of aromatic nitrogens is 1. The van der Waals surface area contributed by atoms with Crippen LogP contribution in [0.3, 0.4) is 0 Å². The molecule has 1 aromatic carbocycles. The maximum atomic E-state index is 12.1. The van der Waals surface area contributed by atoms with Gasteiger partial charge in [-0.3, -0.25) is 9.78 Å². The number of nitrogens with zero attached hydrogens (tertiary/aromatic N) is 1. The molecule has 0 saturated heterocycles. The summed E-state index contributed by atoms with van der Waals surface area (Å²) in [7, 11) is 0. The molecule has 0 unspecified atom stereocenters. The van der Waals surface area contributed by atoms with Gasteiger partial charge in [-0.1, -0.05) is 12.1 Å². The number of hydrogen-bond acceptors (Lipinski definition) is 4. The number of benzene rings is 1. The summed E-state index contributed by atoms with van der Waals surface area (Å²) in [6.45, 7) is 8.11. The fourth-order valence-electron chi connectivity index (χ4n) is 2.38. The van der Waals surface area contributed by atoms with Crippen LogP contribution in [0.2, 0.25) is 0 Å². The lowest BCUT2D eigenvalue weighted by Crippen LogP contribution is -2.21. The van der Waals surface area contributed by atoms with E-state index in [9.17, 15) is 4.79 Å². The molecule has 2 aromatic rings. The van der Waals surface area contributed by atoms with E-state index in [-0.39, 0.29) is 12.5 Å². The molecule has 0 aliphatic heterocycles. The molecule has 1 amide bonds. The smallest absolute Gasteiger partial charge is 0.262 e. The zero-order valence-corrected chi connectivity index (χ0v) is 14.0. The van der Waals surface area contributed by atoms with Crippen molar-refractivity contribution in [1.82, 2.24) is 4.98 Å². The van der Waals surface area contributed by atoms with Crippen LogP contribution >= 0.6 is 0 Å². The first-order valence-electron chi connectivity index (χ1n) is 7.60. The molecule has 0 bridgehead atoms. The second-order valence-electron chi connectivity index (χ2n) is 5.26. The van der Waals surface area contributed by atoms with E-state index in [1.165, 1.54) is 0 Å². The highest BCUT2D eigenvalue weighted by Gasteiger charge is 2.11. The summed E-state index contributed by atoms with van der Waals surface area (Å²) in [5.41, 5.74) is 3.45. The molecule has 23 heavy (non-hydrogen) atoms. The number of anilines is 1. The molecule has 5 heteroatoms. The summed E-state index contributed by atoms with van der Waals surface area (Å²) in [6.07, 6.45) is 0. The van der Waals surface area contributed by atoms with Crippen LogP contribution in [0.4, 0.5) is 5.69 Å². The molecule has 1 heterocycles. The Balaban J connectivity index is 2.01. The quantitative estimate of drug-likeness (QED) is 0.887. The molecule has 5 nitrogen and oxygen atoms in total. The van der Waals surface area contributed by atoms with Gasteiger partial charge in [0.2, 0.25) is 0 Å². The Kier molecular flexibility index (Phi) is 5.57. The zero-order valence-electron chi connectivity index (χ0n) is 14.0. The third-order valence-electron chi connectivity index (χ3n) is 3.30. The van der Waals surface area contributed by atoms with Crippen molar-refractivity contribution < 1.29 is 14.3 Å². The van der Waals surface area contributed by atoms with Crippen molar-refractivity contribution in [3.63, 3.8) is 0 Å². The number of hydrogen-bond donors (Lipinski definition) is 1. The molecular weight excluding hydrogens is 292 g/mol. The Morgan fingerprint density at radius 2 is 1.78 bits per heavy atom. The number of rotatable bonds is 6. The van der Waals surface area contributed by atoms with Gasteiger partial charge in [-0.25, -0.2) is 0 Å². The molecule has 2 rings (SSSR count). The zero-order chi connectivity index (χ0) is 16.8. The van der Waals surface area contributed by atoms with E-state index in [1.807, 2.05) is 52.0 Å². The van der Waals surface area contributed by atoms with Crippen molar-refractivity contribution in [1.29, 1.82) is 0 Å². The maximum absolute atomic E-state index is 12.1. The lowest BCUT2D eigenvalue weighted by molar-refractivity contribution is -0.118. The minimum atomic E-state index is -0.229. The third-order valence-corrected chi connectivity index (χ3v) is 3.30. The van der Waals surface area contributed by atoms with E-state index in [1.54, 1.807) is 6.07 Å². The number of pyridine rings is 1. The van der Waals surface area contributed by atoms with Gasteiger partial charge in [0.25, 0.3) is 5.91 Å². The second kappa shape index (κ2) is 7.63. The highest BCUT2D eigenvalue weighted by atomic mass is 16.5. The fourth-order valence-corrected chi connectivity index (χ4v) is 2.38. The number of aryl methyl sites for hydroxylation is 3. The maximum Gasteiger partial charge on any atom is 0.262 e. The second-order valence-corrected chi connectivity index (χ2v) is 5.26. The summed E-state index contributed by atoms with van der Waals surface area (Å²) < 4.78 is 11.0. The van der Waals surface area contributed by atoms with Crippen LogP contribution in [0.5, 0.6) is 11.5 Å². The Hall–Kier alpha value is -2.56. The van der Waals surface area contributed by atoms with E-state index < -0.39 is 0 Å². The van der Waals surface area contributed by atoms with Gasteiger partial charge in [0, 0.05) is 5.69 Å². The van der Waals surface area contributed by atoms with Crippen molar-refractivity contribution in [2.45, 2.75) is 27.7 Å². The Labute approximate surface area is 136 Å². The number of ether oxygens (including phenoxy) is 2. The first-order valence-corrected chi connectivity index (χ1v) is 7.60. The molecule has 0 fully saturated rings. The van der Waals surface area contributed by atoms with Gasteiger partial charge in [0.15, 0.2) is 18.1 Å². The summed E-state index contributed by atoms with van der Waals surface area (Å²) >= 11 is 0. The molecule has 1 N–H and O–H groups in total. The third kappa shape index (κ3) is 4.45. The van der Waals surface area contributed by atoms with Crippen LogP contribution in [0.1, 0.15) is 23.9 Å². The highest BCUT2D eigenvalue weighted by Crippen LogP contribution is 2.26. The standard InChI is InChI=1S/C18H22N2O3/c1-5-22-15-8-6-7-9-16(15)23-11-17(21)20-18-12(2)10-13(3)19-14(18)4/h6-10H,5,11H2,1-4H3,(H,20,21). The van der Waals surface area contributed by atoms with Crippen LogP contribution in [-0.4, -0.2) is 24.1 Å². The van der Waals surface area contributed by atoms with Crippen LogP contribution in [-0.2, 0) is 4.79 Å². The highest BCUT2D eigenvalue weighted by molar-refractivity contribution is 5.93. The van der Waals surface area contributed by atoms with E-state index in [0.29, 0.717) is 18.1 Å².